The number of hydrogen-bond donors (Lipinski definition) is 1. The highest BCUT2D eigenvalue weighted by atomic mass is 19.3. The Bertz CT molecular complexity index is 1160. The second-order valence-electron chi connectivity index (χ2n) is 9.40. The fraction of sp³-hybridized carbons (Fsp3) is 0.692. The van der Waals surface area contributed by atoms with Crippen molar-refractivity contribution < 1.29 is 106 Å². The van der Waals surface area contributed by atoms with E-state index in [9.17, 15) is 63.1 Å². The van der Waals surface area contributed by atoms with Crippen LogP contribution in [0.25, 0.3) is 0 Å². The second-order valence-corrected chi connectivity index (χ2v) is 9.40. The van der Waals surface area contributed by atoms with Crippen LogP contribution < -0.4 is 5.32 Å². The summed E-state index contributed by atoms with van der Waals surface area (Å²) in [5.74, 6) is -2.40. The Labute approximate surface area is 276 Å². The first-order valence-electron chi connectivity index (χ1n) is 13.7. The van der Waals surface area contributed by atoms with Crippen molar-refractivity contribution >= 4 is 24.0 Å². The van der Waals surface area contributed by atoms with E-state index in [4.69, 9.17) is 4.74 Å². The molecule has 0 saturated carbocycles. The third-order valence-corrected chi connectivity index (χ3v) is 4.68. The van der Waals surface area contributed by atoms with Crippen LogP contribution in [0.1, 0.15) is 26.7 Å². The van der Waals surface area contributed by atoms with Crippen LogP contribution in [0.4, 0.5) is 48.7 Å². The lowest BCUT2D eigenvalue weighted by molar-refractivity contribution is -0.566. The molecule has 0 atom stereocenters. The van der Waals surface area contributed by atoms with Crippen LogP contribution >= 0.6 is 0 Å². The molecule has 0 unspecified atom stereocenters. The van der Waals surface area contributed by atoms with Gasteiger partial charge in [-0.05, 0) is 20.3 Å². The summed E-state index contributed by atoms with van der Waals surface area (Å²) in [5.41, 5.74) is 0.170. The molecule has 0 aliphatic rings. The zero-order chi connectivity index (χ0) is 38.8. The molecule has 1 N–H and O–H groups in total. The molecule has 0 spiro atoms. The van der Waals surface area contributed by atoms with Gasteiger partial charge in [0.25, 0.3) is 0 Å². The van der Waals surface area contributed by atoms with Crippen molar-refractivity contribution in [3.8, 4) is 0 Å². The minimum atomic E-state index is -6.73. The van der Waals surface area contributed by atoms with Gasteiger partial charge >= 0.3 is 54.7 Å². The Kier molecular flexibility index (Phi) is 19.3. The lowest BCUT2D eigenvalue weighted by atomic mass is 10.3. The van der Waals surface area contributed by atoms with Crippen LogP contribution in [0.15, 0.2) is 24.3 Å². The molecule has 0 fully saturated rings. The van der Waals surface area contributed by atoms with Crippen LogP contribution in [-0.2, 0) is 57.0 Å². The molecule has 50 heavy (non-hydrogen) atoms. The van der Waals surface area contributed by atoms with Crippen molar-refractivity contribution in [2.24, 2.45) is 0 Å². The fourth-order valence-electron chi connectivity index (χ4n) is 2.55. The molecular formula is C26H33F10NO13. The van der Waals surface area contributed by atoms with Crippen molar-refractivity contribution in [2.75, 3.05) is 59.4 Å². The Morgan fingerprint density at radius 3 is 1.56 bits per heavy atom. The lowest BCUT2D eigenvalue weighted by Crippen LogP contribution is -2.54. The molecule has 0 rings (SSSR count). The summed E-state index contributed by atoms with van der Waals surface area (Å²) in [6.07, 6.45) is -31.7. The Hall–Kier alpha value is -3.74. The van der Waals surface area contributed by atoms with E-state index in [-0.39, 0.29) is 43.7 Å². The minimum Gasteiger partial charge on any atom is -0.463 e. The Morgan fingerprint density at radius 2 is 1.04 bits per heavy atom. The number of halogens is 10. The smallest absolute Gasteiger partial charge is 0.463 e. The van der Waals surface area contributed by atoms with Crippen LogP contribution in [0.3, 0.4) is 0 Å². The highest BCUT2D eigenvalue weighted by molar-refractivity contribution is 5.87. The summed E-state index contributed by atoms with van der Waals surface area (Å²) < 4.78 is 171. The molecule has 1 amide bonds. The van der Waals surface area contributed by atoms with Gasteiger partial charge in [0.15, 0.2) is 0 Å². The maximum absolute atomic E-state index is 13.7. The predicted molar refractivity (Wildman–Crippen MR) is 141 cm³/mol. The van der Waals surface area contributed by atoms with Crippen molar-refractivity contribution in [3.63, 3.8) is 0 Å². The van der Waals surface area contributed by atoms with Gasteiger partial charge in [-0.15, -0.1) is 8.78 Å². The molecule has 0 aliphatic heterocycles. The van der Waals surface area contributed by atoms with Gasteiger partial charge in [0.05, 0.1) is 26.4 Å². The van der Waals surface area contributed by atoms with Gasteiger partial charge in [0, 0.05) is 17.6 Å². The highest BCUT2D eigenvalue weighted by Gasteiger charge is 2.68. The maximum atomic E-state index is 13.7. The van der Waals surface area contributed by atoms with Crippen LogP contribution in [0, 0.1) is 0 Å². The van der Waals surface area contributed by atoms with Crippen molar-refractivity contribution in [3.05, 3.63) is 24.3 Å². The summed E-state index contributed by atoms with van der Waals surface area (Å²) in [7, 11) is 0. The monoisotopic (exact) mass is 757 g/mol. The standard InChI is InChI=1S/C26H33F10NO13/c1-16(2)19(39)45-8-5-6-18(38)44-12-10-42-15-23(29,30)49-26(35,36)50-25(33,34)24(31,32)48-22(27,28)14-43-11-13-47-21(41)37-7-9-46-20(40)17(3)4/h1,3,5-15H2,2,4H3,(H,37,41). The first-order chi connectivity index (χ1) is 22.8. The zero-order valence-corrected chi connectivity index (χ0v) is 26.3. The number of alkyl carbamates (subject to hydrolysis) is 1. The van der Waals surface area contributed by atoms with E-state index < -0.39 is 94.4 Å². The third-order valence-electron chi connectivity index (χ3n) is 4.68. The number of carbonyl (C=O) groups is 4. The maximum Gasteiger partial charge on any atom is 0.495 e. The van der Waals surface area contributed by atoms with E-state index >= 15 is 0 Å². The van der Waals surface area contributed by atoms with Gasteiger partial charge in [0.2, 0.25) is 0 Å². The summed E-state index contributed by atoms with van der Waals surface area (Å²) in [5, 5.41) is 2.05. The van der Waals surface area contributed by atoms with Crippen molar-refractivity contribution in [2.45, 2.75) is 57.4 Å². The van der Waals surface area contributed by atoms with Gasteiger partial charge < -0.3 is 33.7 Å². The van der Waals surface area contributed by atoms with Gasteiger partial charge in [-0.25, -0.2) is 28.6 Å². The molecule has 0 saturated heterocycles. The van der Waals surface area contributed by atoms with E-state index in [2.05, 4.69) is 51.1 Å². The molecule has 14 nitrogen and oxygen atoms in total. The molecule has 0 heterocycles. The number of carbonyl (C=O) groups excluding carboxylic acids is 4. The van der Waals surface area contributed by atoms with E-state index in [1.165, 1.54) is 13.8 Å². The number of alkyl halides is 10. The molecule has 0 bridgehead atoms. The SMILES string of the molecule is C=C(C)C(=O)OCCCC(=O)OCCOCC(F)(F)OC(F)(F)OC(F)(F)C(F)(F)OC(F)(F)COCCOC(=O)NCCOC(=O)C(=C)C. The zero-order valence-electron chi connectivity index (χ0n) is 26.3. The number of amides is 1. The Balaban J connectivity index is 4.59. The number of ether oxygens (including phenoxy) is 9. The number of esters is 3. The number of rotatable bonds is 26. The first kappa shape index (κ1) is 46.3. The van der Waals surface area contributed by atoms with Crippen molar-refractivity contribution in [1.29, 1.82) is 0 Å². The summed E-state index contributed by atoms with van der Waals surface area (Å²) in [4.78, 5) is 45.2. The highest BCUT2D eigenvalue weighted by Crippen LogP contribution is 2.44. The predicted octanol–water partition coefficient (Wildman–Crippen LogP) is 4.28. The molecule has 0 aromatic rings. The molecule has 24 heteroatoms. The van der Waals surface area contributed by atoms with Gasteiger partial charge in [-0.3, -0.25) is 4.79 Å². The molecular weight excluding hydrogens is 724 g/mol. The average Bonchev–Trinajstić information content (AvgIpc) is 2.94. The molecule has 0 aromatic heterocycles. The molecule has 0 aliphatic carbocycles. The van der Waals surface area contributed by atoms with E-state index in [0.29, 0.717) is 0 Å². The largest absolute Gasteiger partial charge is 0.495 e. The number of nitrogens with one attached hydrogen (secondary N) is 1. The van der Waals surface area contributed by atoms with Crippen LogP contribution in [-0.4, -0.2) is 114 Å². The summed E-state index contributed by atoms with van der Waals surface area (Å²) in [6.45, 7) is 0.810. The quantitative estimate of drug-likeness (QED) is 0.0333. The van der Waals surface area contributed by atoms with E-state index in [0.717, 1.165) is 0 Å². The normalized spacial score (nSPS) is 12.6. The van der Waals surface area contributed by atoms with Crippen LogP contribution in [0.5, 0.6) is 0 Å². The summed E-state index contributed by atoms with van der Waals surface area (Å²) in [6, 6.07) is 0. The topological polar surface area (TPSA) is 163 Å². The lowest BCUT2D eigenvalue weighted by Gasteiger charge is -2.31. The van der Waals surface area contributed by atoms with Crippen molar-refractivity contribution in [1.82, 2.24) is 5.32 Å². The van der Waals surface area contributed by atoms with Crippen LogP contribution in [0.2, 0.25) is 0 Å². The Morgan fingerprint density at radius 1 is 0.580 bits per heavy atom. The molecule has 290 valence electrons. The van der Waals surface area contributed by atoms with Gasteiger partial charge in [-0.2, -0.15) is 35.1 Å². The van der Waals surface area contributed by atoms with Gasteiger partial charge in [0.1, 0.15) is 33.0 Å². The number of hydrogen-bond acceptors (Lipinski definition) is 13. The minimum absolute atomic E-state index is 0.00234. The van der Waals surface area contributed by atoms with Gasteiger partial charge in [-0.1, -0.05) is 13.2 Å². The van der Waals surface area contributed by atoms with E-state index in [1.807, 2.05) is 5.32 Å². The molecule has 0 aromatic carbocycles. The average molecular weight is 758 g/mol. The first-order valence-corrected chi connectivity index (χ1v) is 13.7. The third kappa shape index (κ3) is 20.7. The van der Waals surface area contributed by atoms with E-state index in [1.54, 1.807) is 0 Å². The second kappa shape index (κ2) is 20.8. The fourth-order valence-corrected chi connectivity index (χ4v) is 2.55. The summed E-state index contributed by atoms with van der Waals surface area (Å²) >= 11 is 0. The molecule has 0 radical (unpaired) electrons.